The summed E-state index contributed by atoms with van der Waals surface area (Å²) in [6, 6.07) is 3.80. The normalized spacial score (nSPS) is 12.3. The summed E-state index contributed by atoms with van der Waals surface area (Å²) in [6.07, 6.45) is 3.58. The van der Waals surface area contributed by atoms with Crippen LogP contribution in [0.3, 0.4) is 0 Å². The van der Waals surface area contributed by atoms with Gasteiger partial charge in [-0.1, -0.05) is 6.92 Å². The van der Waals surface area contributed by atoms with Gasteiger partial charge in [0.25, 0.3) is 0 Å². The first-order valence-electron chi connectivity index (χ1n) is 5.24. The Morgan fingerprint density at radius 1 is 1.59 bits per heavy atom. The molecule has 0 aliphatic heterocycles. The molecular weight excluding hydrogens is 236 g/mol. The van der Waals surface area contributed by atoms with Crippen molar-refractivity contribution in [2.24, 2.45) is 0 Å². The first-order chi connectivity index (χ1) is 8.16. The Morgan fingerprint density at radius 3 is 3.06 bits per heavy atom. The summed E-state index contributed by atoms with van der Waals surface area (Å²) in [4.78, 5) is 19.1. The number of pyridine rings is 1. The fraction of sp³-hybridized carbons (Fsp3) is 0.250. The third kappa shape index (κ3) is 2.88. The summed E-state index contributed by atoms with van der Waals surface area (Å²) in [6.45, 7) is 1.87. The molecule has 0 amide bonds. The number of hydrogen-bond donors (Lipinski definition) is 1. The molecule has 0 spiro atoms. The second kappa shape index (κ2) is 5.05. The molecule has 0 aliphatic rings. The summed E-state index contributed by atoms with van der Waals surface area (Å²) in [5.74, 6) is -0.859. The first kappa shape index (κ1) is 11.7. The van der Waals surface area contributed by atoms with E-state index < -0.39 is 5.97 Å². The molecule has 2 heterocycles. The molecule has 1 atom stereocenters. The van der Waals surface area contributed by atoms with E-state index in [1.807, 2.05) is 24.4 Å². The van der Waals surface area contributed by atoms with E-state index in [4.69, 9.17) is 5.11 Å². The molecule has 1 N–H and O–H groups in total. The van der Waals surface area contributed by atoms with Crippen molar-refractivity contribution in [2.75, 3.05) is 0 Å². The van der Waals surface area contributed by atoms with E-state index in [0.29, 0.717) is 0 Å². The summed E-state index contributed by atoms with van der Waals surface area (Å²) in [5.41, 5.74) is 1.79. The molecule has 0 saturated carbocycles. The van der Waals surface area contributed by atoms with Gasteiger partial charge in [-0.25, -0.2) is 4.98 Å². The Hall–Kier alpha value is -1.75. The van der Waals surface area contributed by atoms with Crippen molar-refractivity contribution in [3.05, 3.63) is 35.6 Å². The maximum absolute atomic E-state index is 10.6. The van der Waals surface area contributed by atoms with Crippen LogP contribution in [-0.2, 0) is 4.79 Å². The number of aliphatic carboxylic acids is 1. The van der Waals surface area contributed by atoms with Gasteiger partial charge in [-0.15, -0.1) is 11.3 Å². The lowest BCUT2D eigenvalue weighted by Gasteiger charge is -2.03. The third-order valence-corrected chi connectivity index (χ3v) is 3.33. The van der Waals surface area contributed by atoms with Crippen LogP contribution in [0.25, 0.3) is 10.6 Å². The van der Waals surface area contributed by atoms with Gasteiger partial charge in [-0.2, -0.15) is 0 Å². The van der Waals surface area contributed by atoms with E-state index in [1.165, 1.54) is 11.3 Å². The van der Waals surface area contributed by atoms with E-state index in [1.54, 1.807) is 12.4 Å². The maximum atomic E-state index is 10.6. The van der Waals surface area contributed by atoms with Crippen LogP contribution in [0.15, 0.2) is 29.9 Å². The van der Waals surface area contributed by atoms with Crippen LogP contribution in [0, 0.1) is 0 Å². The van der Waals surface area contributed by atoms with Gasteiger partial charge < -0.3 is 5.11 Å². The van der Waals surface area contributed by atoms with Gasteiger partial charge in [0.05, 0.1) is 12.1 Å². The standard InChI is InChI=1S/C12H12N2O2S/c1-8(5-11(15)16)10-7-17-12(14-10)9-3-2-4-13-6-9/h2-4,6-8H,5H2,1H3,(H,15,16). The number of carboxylic acids is 1. The monoisotopic (exact) mass is 248 g/mol. The lowest BCUT2D eigenvalue weighted by Crippen LogP contribution is -2.02. The molecule has 0 aliphatic carbocycles. The third-order valence-electron chi connectivity index (χ3n) is 2.42. The molecule has 2 aromatic rings. The molecule has 1 unspecified atom stereocenters. The van der Waals surface area contributed by atoms with E-state index in [2.05, 4.69) is 9.97 Å². The van der Waals surface area contributed by atoms with E-state index in [0.717, 1.165) is 16.3 Å². The summed E-state index contributed by atoms with van der Waals surface area (Å²) >= 11 is 1.51. The summed E-state index contributed by atoms with van der Waals surface area (Å²) in [7, 11) is 0. The Bertz CT molecular complexity index is 510. The molecule has 0 radical (unpaired) electrons. The van der Waals surface area contributed by atoms with Crippen LogP contribution < -0.4 is 0 Å². The number of thiazole rings is 1. The number of aromatic nitrogens is 2. The number of carboxylic acid groups (broad SMARTS) is 1. The summed E-state index contributed by atoms with van der Waals surface area (Å²) in [5, 5.41) is 11.5. The number of nitrogens with zero attached hydrogens (tertiary/aromatic N) is 2. The van der Waals surface area contributed by atoms with Crippen LogP contribution in [0.2, 0.25) is 0 Å². The van der Waals surface area contributed by atoms with Crippen molar-refractivity contribution in [3.8, 4) is 10.6 Å². The molecule has 0 aromatic carbocycles. The maximum Gasteiger partial charge on any atom is 0.304 e. The van der Waals surface area contributed by atoms with E-state index >= 15 is 0 Å². The van der Waals surface area contributed by atoms with Crippen molar-refractivity contribution in [1.82, 2.24) is 9.97 Å². The average molecular weight is 248 g/mol. The zero-order chi connectivity index (χ0) is 12.3. The molecule has 0 fully saturated rings. The van der Waals surface area contributed by atoms with Crippen molar-refractivity contribution >= 4 is 17.3 Å². The van der Waals surface area contributed by atoms with Crippen LogP contribution in [0.4, 0.5) is 0 Å². The smallest absolute Gasteiger partial charge is 0.304 e. The fourth-order valence-corrected chi connectivity index (χ4v) is 2.43. The van der Waals surface area contributed by atoms with Gasteiger partial charge in [0.2, 0.25) is 0 Å². The van der Waals surface area contributed by atoms with Crippen LogP contribution in [-0.4, -0.2) is 21.0 Å². The Morgan fingerprint density at radius 2 is 2.41 bits per heavy atom. The quantitative estimate of drug-likeness (QED) is 0.903. The molecule has 0 saturated heterocycles. The Balaban J connectivity index is 2.19. The van der Waals surface area contributed by atoms with Gasteiger partial charge in [-0.3, -0.25) is 9.78 Å². The molecule has 5 heteroatoms. The minimum Gasteiger partial charge on any atom is -0.481 e. The Kier molecular flexibility index (Phi) is 3.49. The van der Waals surface area contributed by atoms with Gasteiger partial charge in [0.15, 0.2) is 0 Å². The lowest BCUT2D eigenvalue weighted by atomic mass is 10.1. The minimum atomic E-state index is -0.798. The molecule has 17 heavy (non-hydrogen) atoms. The van der Waals surface area contributed by atoms with Gasteiger partial charge in [-0.05, 0) is 12.1 Å². The SMILES string of the molecule is CC(CC(=O)O)c1csc(-c2cccnc2)n1. The minimum absolute atomic E-state index is 0.0610. The Labute approximate surface area is 103 Å². The van der Waals surface area contributed by atoms with Gasteiger partial charge in [0.1, 0.15) is 5.01 Å². The highest BCUT2D eigenvalue weighted by Crippen LogP contribution is 2.27. The highest BCUT2D eigenvalue weighted by Gasteiger charge is 2.14. The highest BCUT2D eigenvalue weighted by atomic mass is 32.1. The highest BCUT2D eigenvalue weighted by molar-refractivity contribution is 7.13. The second-order valence-corrected chi connectivity index (χ2v) is 4.68. The predicted molar refractivity (Wildman–Crippen MR) is 66.0 cm³/mol. The zero-order valence-corrected chi connectivity index (χ0v) is 10.1. The lowest BCUT2D eigenvalue weighted by molar-refractivity contribution is -0.137. The van der Waals surface area contributed by atoms with Crippen molar-refractivity contribution < 1.29 is 9.90 Å². The van der Waals surface area contributed by atoms with Crippen LogP contribution in [0.5, 0.6) is 0 Å². The predicted octanol–water partition coefficient (Wildman–Crippen LogP) is 2.78. The van der Waals surface area contributed by atoms with Crippen LogP contribution >= 0.6 is 11.3 Å². The topological polar surface area (TPSA) is 63.1 Å². The van der Waals surface area contributed by atoms with Crippen molar-refractivity contribution in [3.63, 3.8) is 0 Å². The molecule has 88 valence electrons. The molecule has 4 nitrogen and oxygen atoms in total. The largest absolute Gasteiger partial charge is 0.481 e. The molecular formula is C12H12N2O2S. The molecule has 2 rings (SSSR count). The van der Waals surface area contributed by atoms with Gasteiger partial charge >= 0.3 is 5.97 Å². The first-order valence-corrected chi connectivity index (χ1v) is 6.12. The molecule has 2 aromatic heterocycles. The summed E-state index contributed by atoms with van der Waals surface area (Å²) < 4.78 is 0. The van der Waals surface area contributed by atoms with Crippen LogP contribution in [0.1, 0.15) is 25.0 Å². The number of rotatable bonds is 4. The number of carbonyl (C=O) groups is 1. The second-order valence-electron chi connectivity index (χ2n) is 3.82. The fourth-order valence-electron chi connectivity index (χ4n) is 1.50. The van der Waals surface area contributed by atoms with E-state index in [-0.39, 0.29) is 12.3 Å². The zero-order valence-electron chi connectivity index (χ0n) is 9.33. The van der Waals surface area contributed by atoms with Gasteiger partial charge in [0, 0.05) is 29.3 Å². The average Bonchev–Trinajstić information content (AvgIpc) is 2.78. The van der Waals surface area contributed by atoms with E-state index in [9.17, 15) is 4.79 Å². The molecule has 0 bridgehead atoms. The van der Waals surface area contributed by atoms with Crippen molar-refractivity contribution in [1.29, 1.82) is 0 Å². The number of hydrogen-bond acceptors (Lipinski definition) is 4. The van der Waals surface area contributed by atoms with Crippen molar-refractivity contribution in [2.45, 2.75) is 19.3 Å².